The number of benzene rings is 2. The second-order valence-electron chi connectivity index (χ2n) is 12.6. The first-order chi connectivity index (χ1) is 23.1. The fourth-order valence-corrected chi connectivity index (χ4v) is 7.03. The van der Waals surface area contributed by atoms with Crippen LogP contribution in [0.2, 0.25) is 0 Å². The molecule has 12 heteroatoms. The van der Waals surface area contributed by atoms with Crippen LogP contribution in [0.3, 0.4) is 0 Å². The Morgan fingerprint density at radius 1 is 0.851 bits per heavy atom. The number of rotatable bonds is 12. The van der Waals surface area contributed by atoms with Gasteiger partial charge in [-0.2, -0.15) is 15.1 Å². The molecule has 1 saturated carbocycles. The van der Waals surface area contributed by atoms with E-state index in [-0.39, 0.29) is 12.5 Å². The Hall–Kier alpha value is -4.36. The van der Waals surface area contributed by atoms with Crippen molar-refractivity contribution in [2.75, 3.05) is 43.4 Å². The van der Waals surface area contributed by atoms with Gasteiger partial charge in [0.05, 0.1) is 31.2 Å². The standard InChI is InChI=1S/C35H43N9O3/c45-22-24-19-39-44(21-24)29-18-28(31(46)32(29)47)43-23-38-30-33(40-35(41-34(30)43)36-14-17-42-15-8-3-9-16-42)37-20-27(25-10-4-1-5-11-25)26-12-6-2-7-13-26/h1-2,4-7,10-13,19,21,23,27-29,31-32,45-47H,3,8-9,14-18,20,22H2,(H2,36,37,40,41)/t28-,29?,31-,32+/m0/s1. The molecule has 1 aliphatic carbocycles. The fourth-order valence-electron chi connectivity index (χ4n) is 7.03. The first kappa shape index (κ1) is 31.3. The first-order valence-electron chi connectivity index (χ1n) is 16.6. The average molecular weight is 638 g/mol. The number of hydrogen-bond acceptors (Lipinski definition) is 10. The number of fused-ring (bicyclic) bond motifs is 1. The molecule has 2 aromatic carbocycles. The number of likely N-dealkylation sites (tertiary alicyclic amines) is 1. The number of aliphatic hydroxyl groups excluding tert-OH is 3. The van der Waals surface area contributed by atoms with Crippen molar-refractivity contribution in [3.63, 3.8) is 0 Å². The molecule has 0 radical (unpaired) electrons. The fraction of sp³-hybridized carbons (Fsp3) is 0.429. The van der Waals surface area contributed by atoms with Gasteiger partial charge in [-0.3, -0.25) is 4.68 Å². The van der Waals surface area contributed by atoms with Gasteiger partial charge in [0, 0.05) is 37.3 Å². The molecule has 0 amide bonds. The van der Waals surface area contributed by atoms with Gasteiger partial charge in [-0.05, 0) is 43.5 Å². The van der Waals surface area contributed by atoms with Gasteiger partial charge < -0.3 is 35.4 Å². The van der Waals surface area contributed by atoms with E-state index in [1.54, 1.807) is 23.4 Å². The van der Waals surface area contributed by atoms with Crippen molar-refractivity contribution in [3.8, 4) is 0 Å². The van der Waals surface area contributed by atoms with Crippen molar-refractivity contribution in [2.24, 2.45) is 0 Å². The number of anilines is 2. The predicted molar refractivity (Wildman–Crippen MR) is 180 cm³/mol. The molecule has 2 fully saturated rings. The van der Waals surface area contributed by atoms with E-state index in [0.29, 0.717) is 48.0 Å². The highest BCUT2D eigenvalue weighted by Gasteiger charge is 2.44. The minimum absolute atomic E-state index is 0.0745. The van der Waals surface area contributed by atoms with Gasteiger partial charge >= 0.3 is 0 Å². The maximum absolute atomic E-state index is 11.3. The summed E-state index contributed by atoms with van der Waals surface area (Å²) < 4.78 is 3.48. The highest BCUT2D eigenvalue weighted by atomic mass is 16.3. The summed E-state index contributed by atoms with van der Waals surface area (Å²) in [6.07, 6.45) is 7.01. The third kappa shape index (κ3) is 6.72. The van der Waals surface area contributed by atoms with Crippen LogP contribution < -0.4 is 10.6 Å². The lowest BCUT2D eigenvalue weighted by atomic mass is 9.91. The molecular formula is C35H43N9O3. The highest BCUT2D eigenvalue weighted by molar-refractivity contribution is 5.84. The molecule has 2 aliphatic rings. The Morgan fingerprint density at radius 3 is 2.23 bits per heavy atom. The number of aromatic nitrogens is 6. The molecule has 0 bridgehead atoms. The lowest BCUT2D eigenvalue weighted by Crippen LogP contribution is -2.34. The Morgan fingerprint density at radius 2 is 1.55 bits per heavy atom. The normalized spacial score (nSPS) is 21.9. The maximum Gasteiger partial charge on any atom is 0.226 e. The van der Waals surface area contributed by atoms with Crippen LogP contribution in [0.4, 0.5) is 11.8 Å². The second kappa shape index (κ2) is 14.2. The van der Waals surface area contributed by atoms with E-state index in [1.165, 1.54) is 30.4 Å². The van der Waals surface area contributed by atoms with Gasteiger partial charge in [-0.1, -0.05) is 67.1 Å². The number of nitrogens with zero attached hydrogens (tertiary/aromatic N) is 7. The molecule has 1 aliphatic heterocycles. The van der Waals surface area contributed by atoms with E-state index in [9.17, 15) is 15.3 Å². The average Bonchev–Trinajstić information content (AvgIpc) is 3.84. The van der Waals surface area contributed by atoms with Crippen molar-refractivity contribution in [1.29, 1.82) is 0 Å². The third-order valence-electron chi connectivity index (χ3n) is 9.61. The van der Waals surface area contributed by atoms with E-state index in [2.05, 4.69) is 69.2 Å². The van der Waals surface area contributed by atoms with Crippen LogP contribution in [0.5, 0.6) is 0 Å². The van der Waals surface area contributed by atoms with Crippen LogP contribution in [0.1, 0.15) is 60.4 Å². The van der Waals surface area contributed by atoms with E-state index < -0.39 is 24.3 Å². The Kier molecular flexibility index (Phi) is 9.43. The minimum atomic E-state index is -1.07. The molecule has 5 N–H and O–H groups in total. The molecule has 1 unspecified atom stereocenters. The summed E-state index contributed by atoms with van der Waals surface area (Å²) in [5.74, 6) is 1.17. The first-order valence-corrected chi connectivity index (χ1v) is 16.6. The second-order valence-corrected chi connectivity index (χ2v) is 12.6. The van der Waals surface area contributed by atoms with Crippen molar-refractivity contribution in [2.45, 2.75) is 62.5 Å². The van der Waals surface area contributed by atoms with Crippen LogP contribution in [0.15, 0.2) is 79.4 Å². The molecule has 12 nitrogen and oxygen atoms in total. The molecule has 4 atom stereocenters. The van der Waals surface area contributed by atoms with E-state index >= 15 is 0 Å². The van der Waals surface area contributed by atoms with E-state index in [0.717, 1.165) is 19.6 Å². The molecule has 7 rings (SSSR count). The van der Waals surface area contributed by atoms with Crippen molar-refractivity contribution in [3.05, 3.63) is 96.1 Å². The lowest BCUT2D eigenvalue weighted by Gasteiger charge is -2.26. The van der Waals surface area contributed by atoms with Crippen LogP contribution in [-0.4, -0.2) is 94.5 Å². The van der Waals surface area contributed by atoms with Gasteiger partial charge in [-0.15, -0.1) is 0 Å². The van der Waals surface area contributed by atoms with Gasteiger partial charge in [-0.25, -0.2) is 4.98 Å². The Bertz CT molecular complexity index is 1700. The smallest absolute Gasteiger partial charge is 0.226 e. The van der Waals surface area contributed by atoms with Crippen LogP contribution in [0, 0.1) is 0 Å². The monoisotopic (exact) mass is 637 g/mol. The minimum Gasteiger partial charge on any atom is -0.392 e. The third-order valence-corrected chi connectivity index (χ3v) is 9.61. The zero-order valence-corrected chi connectivity index (χ0v) is 26.4. The summed E-state index contributed by atoms with van der Waals surface area (Å²) in [7, 11) is 0. The lowest BCUT2D eigenvalue weighted by molar-refractivity contribution is 0.00720. The van der Waals surface area contributed by atoms with Crippen LogP contribution in [-0.2, 0) is 6.61 Å². The molecule has 4 heterocycles. The number of hydrogen-bond donors (Lipinski definition) is 5. The molecule has 3 aromatic heterocycles. The molecule has 246 valence electrons. The highest BCUT2D eigenvalue weighted by Crippen LogP contribution is 2.40. The van der Waals surface area contributed by atoms with E-state index in [4.69, 9.17) is 15.0 Å². The van der Waals surface area contributed by atoms with Gasteiger partial charge in [0.1, 0.15) is 12.2 Å². The number of aliphatic hydroxyl groups is 3. The largest absolute Gasteiger partial charge is 0.392 e. The van der Waals surface area contributed by atoms with Crippen molar-refractivity contribution < 1.29 is 15.3 Å². The zero-order chi connectivity index (χ0) is 32.2. The van der Waals surface area contributed by atoms with Crippen molar-refractivity contribution in [1.82, 2.24) is 34.2 Å². The molecular weight excluding hydrogens is 594 g/mol. The number of imidazole rings is 1. The Balaban J connectivity index is 1.19. The SMILES string of the molecule is OCc1cnn(C2C[C@H](n3cnc4c(NCC(c5ccccc5)c5ccccc5)nc(NCCN5CCCCC5)nc43)[C@H](O)[C@@H]2O)c1. The molecule has 5 aromatic rings. The Labute approximate surface area is 274 Å². The molecule has 47 heavy (non-hydrogen) atoms. The molecule has 0 spiro atoms. The van der Waals surface area contributed by atoms with E-state index in [1.807, 2.05) is 16.7 Å². The zero-order valence-electron chi connectivity index (χ0n) is 26.4. The van der Waals surface area contributed by atoms with Crippen LogP contribution in [0.25, 0.3) is 11.2 Å². The summed E-state index contributed by atoms with van der Waals surface area (Å²) in [5.41, 5.74) is 4.21. The summed E-state index contributed by atoms with van der Waals surface area (Å²) in [4.78, 5) is 17.0. The van der Waals surface area contributed by atoms with Gasteiger partial charge in [0.25, 0.3) is 0 Å². The summed E-state index contributed by atoms with van der Waals surface area (Å²) >= 11 is 0. The summed E-state index contributed by atoms with van der Waals surface area (Å²) in [6, 6.07) is 19.9. The maximum atomic E-state index is 11.3. The number of nitrogens with one attached hydrogen (secondary N) is 2. The molecule has 1 saturated heterocycles. The number of piperidine rings is 1. The predicted octanol–water partition coefficient (Wildman–Crippen LogP) is 3.56. The quantitative estimate of drug-likeness (QED) is 0.137. The topological polar surface area (TPSA) is 149 Å². The van der Waals surface area contributed by atoms with Crippen LogP contribution >= 0.6 is 0 Å². The summed E-state index contributed by atoms with van der Waals surface area (Å²) in [6.45, 7) is 4.27. The van der Waals surface area contributed by atoms with Gasteiger partial charge in [0.15, 0.2) is 17.0 Å². The van der Waals surface area contributed by atoms with Gasteiger partial charge in [0.2, 0.25) is 5.95 Å². The van der Waals surface area contributed by atoms with Crippen molar-refractivity contribution >= 4 is 22.9 Å². The summed E-state index contributed by atoms with van der Waals surface area (Å²) in [5, 5.41) is 43.3.